The molecule has 18 heteroatoms. The van der Waals surface area contributed by atoms with Crippen LogP contribution in [-0.2, 0) is 13.1 Å². The average molecular weight is 787 g/mol. The molecule has 0 atom stereocenters. The molecule has 0 aliphatic carbocycles. The molecule has 5 aromatic rings. The van der Waals surface area contributed by atoms with Crippen LogP contribution in [0.2, 0.25) is 25.2 Å². The van der Waals surface area contributed by atoms with Crippen LogP contribution in [0, 0.1) is 45.9 Å². The normalized spacial score (nSPS) is 10.4. The number of nitrogens with one attached hydrogen (secondary N) is 2. The van der Waals surface area contributed by atoms with Gasteiger partial charge in [0.15, 0.2) is 40.3 Å². The Morgan fingerprint density at radius 1 is 0.800 bits per heavy atom. The number of hydrogen-bond acceptors (Lipinski definition) is 7. The van der Waals surface area contributed by atoms with Gasteiger partial charge in [0.25, 0.3) is 5.91 Å². The second-order valence-electron chi connectivity index (χ2n) is 9.62. The second-order valence-corrected chi connectivity index (χ2v) is 11.6. The van der Waals surface area contributed by atoms with Crippen LogP contribution in [0.15, 0.2) is 54.9 Å². The van der Waals surface area contributed by atoms with Gasteiger partial charge in [0.05, 0.1) is 39.6 Å². The SMILES string of the molecule is N#Cc1cc(F)c(Cl)c(Oc2c(Cl)ccc(CN)c2F)c1.N#Cc1cc(F)c(Cl)c(Oc2c(Cl)ccc(CNC(=O)c3nc[nH]c3Cl)c2F)c1. The van der Waals surface area contributed by atoms with Crippen LogP contribution < -0.4 is 20.5 Å². The number of H-pyrrole nitrogens is 1. The van der Waals surface area contributed by atoms with E-state index in [1.165, 1.54) is 36.7 Å². The number of nitrogens with two attached hydrogens (primary N) is 1. The fourth-order valence-corrected chi connectivity index (χ4v) is 4.80. The first-order valence-electron chi connectivity index (χ1n) is 13.5. The molecule has 0 saturated carbocycles. The number of nitriles is 2. The van der Waals surface area contributed by atoms with Gasteiger partial charge in [-0.3, -0.25) is 4.79 Å². The minimum absolute atomic E-state index is 0.0154. The summed E-state index contributed by atoms with van der Waals surface area (Å²) in [5.74, 6) is -5.29. The lowest BCUT2D eigenvalue weighted by molar-refractivity contribution is 0.0946. The van der Waals surface area contributed by atoms with Gasteiger partial charge in [0.2, 0.25) is 0 Å². The lowest BCUT2D eigenvalue weighted by Gasteiger charge is -2.13. The molecule has 9 nitrogen and oxygen atoms in total. The number of carbonyl (C=O) groups excluding carboxylic acids is 1. The van der Waals surface area contributed by atoms with E-state index < -0.39 is 39.9 Å². The lowest BCUT2D eigenvalue weighted by Crippen LogP contribution is -2.24. The van der Waals surface area contributed by atoms with Crippen LogP contribution in [-0.4, -0.2) is 15.9 Å². The van der Waals surface area contributed by atoms with E-state index in [-0.39, 0.29) is 78.5 Å². The van der Waals surface area contributed by atoms with E-state index >= 15 is 0 Å². The van der Waals surface area contributed by atoms with Crippen molar-refractivity contribution in [1.29, 1.82) is 10.5 Å². The van der Waals surface area contributed by atoms with Crippen molar-refractivity contribution in [3.8, 4) is 35.1 Å². The Balaban J connectivity index is 0.000000237. The maximum Gasteiger partial charge on any atom is 0.273 e. The molecule has 4 aromatic carbocycles. The molecule has 0 bridgehead atoms. The van der Waals surface area contributed by atoms with Crippen molar-refractivity contribution in [2.24, 2.45) is 5.73 Å². The number of nitrogens with zero attached hydrogens (tertiary/aromatic N) is 3. The van der Waals surface area contributed by atoms with Crippen LogP contribution in [0.1, 0.15) is 32.7 Å². The minimum atomic E-state index is -0.906. The highest BCUT2D eigenvalue weighted by Gasteiger charge is 2.21. The molecule has 0 fully saturated rings. The van der Waals surface area contributed by atoms with Crippen molar-refractivity contribution in [2.45, 2.75) is 13.1 Å². The predicted octanol–water partition coefficient (Wildman–Crippen LogP) is 9.64. The Labute approximate surface area is 305 Å². The van der Waals surface area contributed by atoms with E-state index in [1.54, 1.807) is 12.1 Å². The summed E-state index contributed by atoms with van der Waals surface area (Å²) in [4.78, 5) is 18.4. The smallest absolute Gasteiger partial charge is 0.273 e. The zero-order valence-electron chi connectivity index (χ0n) is 24.7. The number of aromatic amines is 1. The molecule has 1 aromatic heterocycles. The van der Waals surface area contributed by atoms with E-state index in [0.29, 0.717) is 0 Å². The summed E-state index contributed by atoms with van der Waals surface area (Å²) in [6, 6.07) is 13.2. The number of aromatic nitrogens is 2. The van der Waals surface area contributed by atoms with E-state index in [1.807, 2.05) is 0 Å². The van der Waals surface area contributed by atoms with Crippen molar-refractivity contribution in [3.05, 3.63) is 131 Å². The van der Waals surface area contributed by atoms with Crippen molar-refractivity contribution in [3.63, 3.8) is 0 Å². The standard InChI is InChI=1S/C18H9Cl3F2N4O2.C14H8Cl2F2N2O/c19-10-2-1-9(6-25-18(28)15-17(21)27-7-26-15)14(23)16(10)29-12-4-8(5-24)3-11(22)13(12)20;15-9-2-1-8(6-20)13(18)14(9)21-11-4-7(5-19)3-10(17)12(11)16/h1-4,7H,6H2,(H,25,28)(H,26,27);1-4H,6,20H2. The number of hydrogen-bond donors (Lipinski definition) is 3. The monoisotopic (exact) mass is 784 g/mol. The molecule has 0 aliphatic rings. The van der Waals surface area contributed by atoms with Crippen molar-refractivity contribution < 1.29 is 31.8 Å². The largest absolute Gasteiger partial charge is 0.451 e. The third kappa shape index (κ3) is 8.70. The van der Waals surface area contributed by atoms with Crippen LogP contribution >= 0.6 is 58.0 Å². The number of amides is 1. The third-order valence-electron chi connectivity index (χ3n) is 6.40. The maximum absolute atomic E-state index is 14.9. The summed E-state index contributed by atoms with van der Waals surface area (Å²) < 4.78 is 67.0. The average Bonchev–Trinajstić information content (AvgIpc) is 3.53. The highest BCUT2D eigenvalue weighted by molar-refractivity contribution is 6.34. The topological polar surface area (TPSA) is 150 Å². The number of imidazole rings is 1. The van der Waals surface area contributed by atoms with Crippen molar-refractivity contribution >= 4 is 63.9 Å². The van der Waals surface area contributed by atoms with E-state index in [9.17, 15) is 22.4 Å². The maximum atomic E-state index is 14.9. The van der Waals surface area contributed by atoms with Crippen molar-refractivity contribution in [1.82, 2.24) is 15.3 Å². The second kappa shape index (κ2) is 16.8. The number of halogens is 9. The predicted molar refractivity (Wildman–Crippen MR) is 178 cm³/mol. The zero-order valence-corrected chi connectivity index (χ0v) is 28.4. The molecule has 0 radical (unpaired) electrons. The molecule has 5 rings (SSSR count). The van der Waals surface area contributed by atoms with Gasteiger partial charge in [-0.25, -0.2) is 22.5 Å². The summed E-state index contributed by atoms with van der Waals surface area (Å²) in [6.45, 7) is -0.290. The third-order valence-corrected chi connectivity index (χ3v) is 8.01. The van der Waals surface area contributed by atoms with Gasteiger partial charge in [-0.2, -0.15) is 10.5 Å². The Morgan fingerprint density at radius 3 is 1.72 bits per heavy atom. The van der Waals surface area contributed by atoms with Gasteiger partial charge in [0, 0.05) is 36.3 Å². The number of ether oxygens (including phenoxy) is 2. The highest BCUT2D eigenvalue weighted by atomic mass is 35.5. The van der Waals surface area contributed by atoms with Crippen LogP contribution in [0.5, 0.6) is 23.0 Å². The van der Waals surface area contributed by atoms with E-state index in [0.717, 1.165) is 18.2 Å². The molecule has 0 spiro atoms. The molecule has 1 heterocycles. The Morgan fingerprint density at radius 2 is 1.28 bits per heavy atom. The molecule has 256 valence electrons. The minimum Gasteiger partial charge on any atom is -0.451 e. The fraction of sp³-hybridized carbons (Fsp3) is 0.0625. The zero-order chi connectivity index (χ0) is 36.7. The van der Waals surface area contributed by atoms with Gasteiger partial charge in [0.1, 0.15) is 26.8 Å². The van der Waals surface area contributed by atoms with Gasteiger partial charge < -0.3 is 25.5 Å². The van der Waals surface area contributed by atoms with Gasteiger partial charge in [-0.15, -0.1) is 0 Å². The van der Waals surface area contributed by atoms with E-state index in [2.05, 4.69) is 15.3 Å². The van der Waals surface area contributed by atoms with Crippen LogP contribution in [0.25, 0.3) is 0 Å². The highest BCUT2D eigenvalue weighted by Crippen LogP contribution is 2.39. The van der Waals surface area contributed by atoms with Crippen molar-refractivity contribution in [2.75, 3.05) is 0 Å². The Kier molecular flexibility index (Phi) is 12.8. The molecule has 0 saturated heterocycles. The first-order chi connectivity index (χ1) is 23.8. The first kappa shape index (κ1) is 38.1. The van der Waals surface area contributed by atoms with Crippen LogP contribution in [0.4, 0.5) is 17.6 Å². The summed E-state index contributed by atoms with van der Waals surface area (Å²) in [6.07, 6.45) is 1.24. The van der Waals surface area contributed by atoms with E-state index in [4.69, 9.17) is 83.7 Å². The quantitative estimate of drug-likeness (QED) is 0.133. The summed E-state index contributed by atoms with van der Waals surface area (Å²) in [5.41, 5.74) is 5.47. The summed E-state index contributed by atoms with van der Waals surface area (Å²) in [7, 11) is 0. The number of benzene rings is 4. The lowest BCUT2D eigenvalue weighted by atomic mass is 10.2. The molecule has 0 unspecified atom stereocenters. The summed E-state index contributed by atoms with van der Waals surface area (Å²) >= 11 is 29.2. The Hall–Kier alpha value is -4.73. The van der Waals surface area contributed by atoms with Gasteiger partial charge in [-0.1, -0.05) is 70.1 Å². The molecule has 0 aliphatic heterocycles. The molecular weight excluding hydrogens is 770 g/mol. The number of rotatable bonds is 8. The Bertz CT molecular complexity index is 2190. The summed E-state index contributed by atoms with van der Waals surface area (Å²) in [5, 5.41) is 19.3. The first-order valence-corrected chi connectivity index (χ1v) is 15.4. The van der Waals surface area contributed by atoms with Gasteiger partial charge in [-0.05, 0) is 24.3 Å². The number of carbonyl (C=O) groups is 1. The molecule has 50 heavy (non-hydrogen) atoms. The fourth-order valence-electron chi connectivity index (χ4n) is 3.95. The molecular formula is C32H17Cl5F4N6O3. The van der Waals surface area contributed by atoms with Crippen LogP contribution in [0.3, 0.4) is 0 Å². The van der Waals surface area contributed by atoms with Gasteiger partial charge >= 0.3 is 0 Å². The molecule has 1 amide bonds. The molecule has 4 N–H and O–H groups in total.